The van der Waals surface area contributed by atoms with Crippen molar-refractivity contribution >= 4 is 43.1 Å². The summed E-state index contributed by atoms with van der Waals surface area (Å²) in [6.07, 6.45) is 0.335. The number of rotatable bonds is 5. The maximum atomic E-state index is 14.5. The lowest BCUT2D eigenvalue weighted by Gasteiger charge is -2.39. The Morgan fingerprint density at radius 2 is 1.88 bits per heavy atom. The summed E-state index contributed by atoms with van der Waals surface area (Å²) >= 11 is 5.71. The predicted octanol–water partition coefficient (Wildman–Crippen LogP) is 1.47. The van der Waals surface area contributed by atoms with Gasteiger partial charge in [-0.15, -0.1) is 0 Å². The van der Waals surface area contributed by atoms with Gasteiger partial charge in [0.05, 0.1) is 5.44 Å². The Kier molecular flexibility index (Phi) is 5.73. The molecule has 2 N–H and O–H groups in total. The minimum Gasteiger partial charge on any atom is -0.346 e. The lowest BCUT2D eigenvalue weighted by molar-refractivity contribution is -0.147. The standard InChI is InChI=1S/C22H19BClF2N3O4/c23-21(8-7-17(30)28-19(21)32)29-11-13-9-12(1-6-16(13)18(29)31)10-27-20(33)22(25,26)14-2-4-15(24)5-3-14/h1-6,9H,7-8,10-11,23H2,(H,27,33)(H,28,30,32). The Morgan fingerprint density at radius 1 is 1.18 bits per heavy atom. The highest BCUT2D eigenvalue weighted by molar-refractivity contribution is 6.32. The van der Waals surface area contributed by atoms with Crippen molar-refractivity contribution < 1.29 is 28.0 Å². The Balaban J connectivity index is 1.46. The van der Waals surface area contributed by atoms with Crippen molar-refractivity contribution in [2.24, 2.45) is 0 Å². The number of carbonyl (C=O) groups excluding carboxylic acids is 4. The Hall–Kier alpha value is -3.27. The third kappa shape index (κ3) is 4.10. The Morgan fingerprint density at radius 3 is 2.55 bits per heavy atom. The van der Waals surface area contributed by atoms with Crippen LogP contribution < -0.4 is 10.6 Å². The lowest BCUT2D eigenvalue weighted by atomic mass is 9.70. The van der Waals surface area contributed by atoms with Crippen LogP contribution in [0.5, 0.6) is 0 Å². The van der Waals surface area contributed by atoms with Gasteiger partial charge >= 0.3 is 5.92 Å². The summed E-state index contributed by atoms with van der Waals surface area (Å²) in [4.78, 5) is 50.4. The molecule has 1 saturated heterocycles. The monoisotopic (exact) mass is 473 g/mol. The van der Waals surface area contributed by atoms with Crippen molar-refractivity contribution in [3.8, 4) is 0 Å². The molecule has 0 aromatic heterocycles. The summed E-state index contributed by atoms with van der Waals surface area (Å²) in [6.45, 7) is -0.0370. The molecule has 0 saturated carbocycles. The molecular formula is C22H19BClF2N3O4. The van der Waals surface area contributed by atoms with Gasteiger partial charge in [0.25, 0.3) is 11.8 Å². The van der Waals surface area contributed by atoms with Crippen molar-refractivity contribution in [2.45, 2.75) is 37.3 Å². The minimum absolute atomic E-state index is 0.126. The highest BCUT2D eigenvalue weighted by Gasteiger charge is 2.48. The maximum absolute atomic E-state index is 14.5. The molecule has 1 unspecified atom stereocenters. The van der Waals surface area contributed by atoms with Crippen LogP contribution in [-0.4, -0.2) is 41.8 Å². The van der Waals surface area contributed by atoms with E-state index in [1.807, 2.05) is 0 Å². The highest BCUT2D eigenvalue weighted by Crippen LogP contribution is 2.33. The SMILES string of the molecule is BC1(N2Cc3cc(CNC(=O)C(F)(F)c4ccc(Cl)cc4)ccc3C2=O)CCC(=O)NC1=O. The third-order valence-corrected chi connectivity index (χ3v) is 6.35. The summed E-state index contributed by atoms with van der Waals surface area (Å²) < 4.78 is 28.9. The normalized spacial score (nSPS) is 20.5. The molecule has 0 spiro atoms. The highest BCUT2D eigenvalue weighted by atomic mass is 35.5. The van der Waals surface area contributed by atoms with Crippen LogP contribution in [0.1, 0.15) is 39.9 Å². The summed E-state index contributed by atoms with van der Waals surface area (Å²) in [5.74, 6) is -6.46. The number of imide groups is 1. The summed E-state index contributed by atoms with van der Waals surface area (Å²) in [6, 6.07) is 9.50. The van der Waals surface area contributed by atoms with Gasteiger partial charge in [-0.2, -0.15) is 8.78 Å². The van der Waals surface area contributed by atoms with Gasteiger partial charge in [-0.05, 0) is 35.7 Å². The molecule has 11 heteroatoms. The smallest absolute Gasteiger partial charge is 0.346 e. The topological polar surface area (TPSA) is 95.6 Å². The van der Waals surface area contributed by atoms with Crippen molar-refractivity contribution in [1.29, 1.82) is 0 Å². The van der Waals surface area contributed by atoms with Crippen molar-refractivity contribution in [3.05, 3.63) is 69.7 Å². The van der Waals surface area contributed by atoms with E-state index in [0.717, 1.165) is 12.1 Å². The number of fused-ring (bicyclic) bond motifs is 1. The van der Waals surface area contributed by atoms with Crippen LogP contribution >= 0.6 is 11.6 Å². The molecule has 0 aliphatic carbocycles. The first-order valence-corrected chi connectivity index (χ1v) is 10.6. The molecule has 1 fully saturated rings. The molecule has 2 aliphatic rings. The molecule has 170 valence electrons. The van der Waals surface area contributed by atoms with Crippen LogP contribution in [0, 0.1) is 0 Å². The van der Waals surface area contributed by atoms with E-state index < -0.39 is 28.7 Å². The Bertz CT molecular complexity index is 1170. The molecule has 2 aliphatic heterocycles. The molecule has 2 heterocycles. The predicted molar refractivity (Wildman–Crippen MR) is 117 cm³/mol. The van der Waals surface area contributed by atoms with Crippen molar-refractivity contribution in [1.82, 2.24) is 15.5 Å². The van der Waals surface area contributed by atoms with Gasteiger partial charge in [-0.25, -0.2) is 0 Å². The van der Waals surface area contributed by atoms with Crippen molar-refractivity contribution in [3.63, 3.8) is 0 Å². The van der Waals surface area contributed by atoms with E-state index in [0.29, 0.717) is 16.7 Å². The minimum atomic E-state index is -3.74. The van der Waals surface area contributed by atoms with E-state index in [9.17, 15) is 28.0 Å². The number of nitrogens with zero attached hydrogens (tertiary/aromatic N) is 1. The van der Waals surface area contributed by atoms with Gasteiger partial charge in [0.2, 0.25) is 11.8 Å². The number of alkyl halides is 2. The molecule has 33 heavy (non-hydrogen) atoms. The summed E-state index contributed by atoms with van der Waals surface area (Å²) in [5.41, 5.74) is -0.113. The van der Waals surface area contributed by atoms with Gasteiger partial charge in [-0.3, -0.25) is 24.5 Å². The number of carbonyl (C=O) groups is 4. The first kappa shape index (κ1) is 22.9. The number of benzene rings is 2. The van der Waals surface area contributed by atoms with E-state index in [1.54, 1.807) is 26.0 Å². The van der Waals surface area contributed by atoms with E-state index in [4.69, 9.17) is 11.6 Å². The van der Waals surface area contributed by atoms with Gasteiger partial charge in [0.1, 0.15) is 7.85 Å². The van der Waals surface area contributed by atoms with Crippen LogP contribution in [0.4, 0.5) is 8.78 Å². The van der Waals surface area contributed by atoms with Crippen LogP contribution in [0.15, 0.2) is 42.5 Å². The number of halogens is 3. The molecule has 4 amide bonds. The van der Waals surface area contributed by atoms with Crippen LogP contribution in [0.3, 0.4) is 0 Å². The zero-order valence-corrected chi connectivity index (χ0v) is 18.3. The van der Waals surface area contributed by atoms with Gasteiger partial charge in [0, 0.05) is 35.7 Å². The zero-order chi connectivity index (χ0) is 24.0. The second-order valence-corrected chi connectivity index (χ2v) is 8.73. The third-order valence-electron chi connectivity index (χ3n) is 6.10. The lowest BCUT2D eigenvalue weighted by Crippen LogP contribution is -2.63. The fourth-order valence-corrected chi connectivity index (χ4v) is 4.14. The number of piperidine rings is 1. The molecule has 1 atom stereocenters. The fraction of sp³-hybridized carbons (Fsp3) is 0.273. The zero-order valence-electron chi connectivity index (χ0n) is 17.6. The van der Waals surface area contributed by atoms with Crippen LogP contribution in [0.2, 0.25) is 5.02 Å². The maximum Gasteiger partial charge on any atom is 0.349 e. The van der Waals surface area contributed by atoms with Crippen molar-refractivity contribution in [2.75, 3.05) is 0 Å². The molecule has 4 rings (SSSR count). The number of nitrogens with one attached hydrogen (secondary N) is 2. The average molecular weight is 474 g/mol. The first-order valence-electron chi connectivity index (χ1n) is 10.2. The van der Waals surface area contributed by atoms with Crippen LogP contribution in [0.25, 0.3) is 0 Å². The van der Waals surface area contributed by atoms with E-state index in [-0.39, 0.29) is 42.8 Å². The van der Waals surface area contributed by atoms with E-state index >= 15 is 0 Å². The molecule has 0 radical (unpaired) electrons. The summed E-state index contributed by atoms with van der Waals surface area (Å²) in [7, 11) is 1.61. The number of hydrogen-bond donors (Lipinski definition) is 2. The first-order chi connectivity index (χ1) is 15.5. The molecule has 0 bridgehead atoms. The fourth-order valence-electron chi connectivity index (χ4n) is 4.02. The Labute approximate surface area is 193 Å². The van der Waals surface area contributed by atoms with Gasteiger partial charge < -0.3 is 10.2 Å². The quantitative estimate of drug-likeness (QED) is 0.508. The summed E-state index contributed by atoms with van der Waals surface area (Å²) in [5, 5.41) is 4.78. The second kappa shape index (κ2) is 8.26. The number of amides is 4. The van der Waals surface area contributed by atoms with E-state index in [1.165, 1.54) is 17.0 Å². The van der Waals surface area contributed by atoms with Gasteiger partial charge in [0.15, 0.2) is 0 Å². The molecule has 7 nitrogen and oxygen atoms in total. The van der Waals surface area contributed by atoms with E-state index in [2.05, 4.69) is 10.6 Å². The van der Waals surface area contributed by atoms with Gasteiger partial charge in [-0.1, -0.05) is 35.9 Å². The largest absolute Gasteiger partial charge is 0.349 e. The molecular weight excluding hydrogens is 455 g/mol. The second-order valence-electron chi connectivity index (χ2n) is 8.30. The number of hydrogen-bond acceptors (Lipinski definition) is 4. The molecule has 2 aromatic rings. The molecule has 2 aromatic carbocycles. The average Bonchev–Trinajstić information content (AvgIpc) is 3.11. The van der Waals surface area contributed by atoms with Crippen LogP contribution in [-0.2, 0) is 33.4 Å².